The number of hydrogen-bond donors (Lipinski definition) is 2. The van der Waals surface area contributed by atoms with Gasteiger partial charge < -0.3 is 15.4 Å². The molecule has 0 saturated heterocycles. The van der Waals surface area contributed by atoms with Crippen LogP contribution >= 0.6 is 11.6 Å². The van der Waals surface area contributed by atoms with Gasteiger partial charge in [0.1, 0.15) is 11.3 Å². The highest BCUT2D eigenvalue weighted by molar-refractivity contribution is 6.29. The Morgan fingerprint density at radius 1 is 1.16 bits per heavy atom. The molecule has 2 heterocycles. The van der Waals surface area contributed by atoms with Crippen molar-refractivity contribution in [2.45, 2.75) is 38.3 Å². The van der Waals surface area contributed by atoms with Crippen molar-refractivity contribution in [3.05, 3.63) is 77.1 Å². The van der Waals surface area contributed by atoms with Crippen LogP contribution in [-0.4, -0.2) is 29.3 Å². The normalized spacial score (nSPS) is 20.8. The van der Waals surface area contributed by atoms with E-state index in [2.05, 4.69) is 15.6 Å². The summed E-state index contributed by atoms with van der Waals surface area (Å²) in [6.07, 6.45) is 5.93. The van der Waals surface area contributed by atoms with E-state index >= 15 is 0 Å². The van der Waals surface area contributed by atoms with E-state index in [0.717, 1.165) is 11.1 Å². The van der Waals surface area contributed by atoms with Crippen LogP contribution in [0.4, 0.5) is 0 Å². The highest BCUT2D eigenvalue weighted by Gasteiger charge is 2.24. The summed E-state index contributed by atoms with van der Waals surface area (Å²) in [5.74, 6) is -1.32. The van der Waals surface area contributed by atoms with Gasteiger partial charge in [-0.3, -0.25) is 14.4 Å². The van der Waals surface area contributed by atoms with E-state index in [9.17, 15) is 14.4 Å². The topological polar surface area (TPSA) is 97.4 Å². The molecule has 0 radical (unpaired) electrons. The van der Waals surface area contributed by atoms with Crippen LogP contribution in [0.3, 0.4) is 0 Å². The largest absolute Gasteiger partial charge is 0.456 e. The lowest BCUT2D eigenvalue weighted by atomic mass is 9.98. The van der Waals surface area contributed by atoms with Gasteiger partial charge in [-0.1, -0.05) is 60.2 Å². The minimum Gasteiger partial charge on any atom is -0.456 e. The lowest BCUT2D eigenvalue weighted by Gasteiger charge is -2.21. The van der Waals surface area contributed by atoms with Gasteiger partial charge in [-0.05, 0) is 30.0 Å². The summed E-state index contributed by atoms with van der Waals surface area (Å²) < 4.78 is 5.59. The Labute approximate surface area is 192 Å². The standard InChI is InChI=1S/C24H26ClN3O4/c25-21-12-11-17(14-26-21)15-27-22(29)13-19-9-5-2-6-10-23(30)32-20(16-28-24(19)31)18-7-3-1-4-8-18/h1-5,7-8,11-12,14,19-20H,6,9-10,13,15-16H2,(H,27,29)(H,28,31)/b5-2-/t19-,20-/m0/s1. The first kappa shape index (κ1) is 23.5. The highest BCUT2D eigenvalue weighted by Crippen LogP contribution is 2.19. The number of nitrogens with one attached hydrogen (secondary N) is 2. The first-order chi connectivity index (χ1) is 15.5. The van der Waals surface area contributed by atoms with Crippen molar-refractivity contribution in [2.24, 2.45) is 5.92 Å². The average molecular weight is 456 g/mol. The molecule has 1 aromatic carbocycles. The van der Waals surface area contributed by atoms with Gasteiger partial charge in [-0.25, -0.2) is 4.98 Å². The predicted octanol–water partition coefficient (Wildman–Crippen LogP) is 3.50. The molecule has 1 aliphatic rings. The van der Waals surface area contributed by atoms with Gasteiger partial charge in [-0.2, -0.15) is 0 Å². The van der Waals surface area contributed by atoms with Crippen LogP contribution in [-0.2, 0) is 25.7 Å². The number of halogens is 1. The maximum atomic E-state index is 12.8. The molecule has 2 atom stereocenters. The zero-order chi connectivity index (χ0) is 22.8. The molecule has 0 bridgehead atoms. The lowest BCUT2D eigenvalue weighted by molar-refractivity contribution is -0.150. The minimum absolute atomic E-state index is 0.0486. The number of aromatic nitrogens is 1. The van der Waals surface area contributed by atoms with Crippen LogP contribution in [0.5, 0.6) is 0 Å². The molecule has 0 spiro atoms. The Bertz CT molecular complexity index is 947. The van der Waals surface area contributed by atoms with Crippen LogP contribution in [0.15, 0.2) is 60.8 Å². The van der Waals surface area contributed by atoms with Gasteiger partial charge >= 0.3 is 5.97 Å². The molecule has 8 heteroatoms. The van der Waals surface area contributed by atoms with E-state index in [4.69, 9.17) is 16.3 Å². The zero-order valence-electron chi connectivity index (χ0n) is 17.6. The number of nitrogens with zero attached hydrogens (tertiary/aromatic N) is 1. The number of carbonyl (C=O) groups is 3. The average Bonchev–Trinajstić information content (AvgIpc) is 2.80. The van der Waals surface area contributed by atoms with E-state index in [-0.39, 0.29) is 37.2 Å². The van der Waals surface area contributed by atoms with Gasteiger partial charge in [0.2, 0.25) is 11.8 Å². The third-order valence-corrected chi connectivity index (χ3v) is 5.31. The summed E-state index contributed by atoms with van der Waals surface area (Å²) >= 11 is 5.78. The molecule has 7 nitrogen and oxygen atoms in total. The summed E-state index contributed by atoms with van der Waals surface area (Å²) in [7, 11) is 0. The van der Waals surface area contributed by atoms with Crippen molar-refractivity contribution < 1.29 is 19.1 Å². The molecule has 168 valence electrons. The molecule has 2 aromatic rings. The fraction of sp³-hybridized carbons (Fsp3) is 0.333. The van der Waals surface area contributed by atoms with E-state index in [0.29, 0.717) is 24.5 Å². The molecule has 1 aliphatic heterocycles. The second kappa shape index (κ2) is 12.0. The molecule has 0 saturated carbocycles. The fourth-order valence-corrected chi connectivity index (χ4v) is 3.43. The quantitative estimate of drug-likeness (QED) is 0.408. The van der Waals surface area contributed by atoms with Crippen LogP contribution in [0, 0.1) is 5.92 Å². The number of ether oxygens (including phenoxy) is 1. The van der Waals surface area contributed by atoms with E-state index in [1.165, 1.54) is 0 Å². The van der Waals surface area contributed by atoms with Crippen LogP contribution in [0.1, 0.15) is 42.9 Å². The monoisotopic (exact) mass is 455 g/mol. The number of allylic oxidation sites excluding steroid dienone is 2. The first-order valence-electron chi connectivity index (χ1n) is 10.6. The minimum atomic E-state index is -0.581. The Morgan fingerprint density at radius 3 is 2.72 bits per heavy atom. The SMILES string of the molecule is O=C(C[C@@H]1C/C=C\CCC(=O)O[C@H](c2ccccc2)CNC1=O)NCc1ccc(Cl)nc1. The fourth-order valence-electron chi connectivity index (χ4n) is 3.32. The van der Waals surface area contributed by atoms with Crippen molar-refractivity contribution in [3.63, 3.8) is 0 Å². The van der Waals surface area contributed by atoms with Gasteiger partial charge in [-0.15, -0.1) is 0 Å². The number of amides is 2. The lowest BCUT2D eigenvalue weighted by Crippen LogP contribution is -2.37. The number of pyridine rings is 1. The molecule has 0 fully saturated rings. The third-order valence-electron chi connectivity index (χ3n) is 5.09. The van der Waals surface area contributed by atoms with Crippen molar-refractivity contribution >= 4 is 29.4 Å². The summed E-state index contributed by atoms with van der Waals surface area (Å²) in [6.45, 7) is 0.450. The Morgan fingerprint density at radius 2 is 1.97 bits per heavy atom. The van der Waals surface area contributed by atoms with Gasteiger partial charge in [0.25, 0.3) is 0 Å². The van der Waals surface area contributed by atoms with E-state index < -0.39 is 12.0 Å². The molecular formula is C24H26ClN3O4. The molecular weight excluding hydrogens is 430 g/mol. The molecule has 1 aromatic heterocycles. The van der Waals surface area contributed by atoms with Crippen LogP contribution in [0.2, 0.25) is 5.15 Å². The van der Waals surface area contributed by atoms with Gasteiger partial charge in [0, 0.05) is 25.6 Å². The van der Waals surface area contributed by atoms with Crippen molar-refractivity contribution in [1.29, 1.82) is 0 Å². The maximum absolute atomic E-state index is 12.8. The number of carbonyl (C=O) groups excluding carboxylic acids is 3. The predicted molar refractivity (Wildman–Crippen MR) is 120 cm³/mol. The van der Waals surface area contributed by atoms with E-state index in [1.807, 2.05) is 42.5 Å². The summed E-state index contributed by atoms with van der Waals surface area (Å²) in [6, 6.07) is 12.7. The van der Waals surface area contributed by atoms with Crippen molar-refractivity contribution in [3.8, 4) is 0 Å². The van der Waals surface area contributed by atoms with Crippen LogP contribution < -0.4 is 10.6 Å². The molecule has 2 N–H and O–H groups in total. The Hall–Kier alpha value is -3.19. The van der Waals surface area contributed by atoms with Gasteiger partial charge in [0.05, 0.1) is 12.5 Å². The summed E-state index contributed by atoms with van der Waals surface area (Å²) in [5.41, 5.74) is 1.62. The van der Waals surface area contributed by atoms with Gasteiger partial charge in [0.15, 0.2) is 0 Å². The number of benzene rings is 1. The second-order valence-electron chi connectivity index (χ2n) is 7.55. The van der Waals surface area contributed by atoms with Crippen molar-refractivity contribution in [2.75, 3.05) is 6.54 Å². The number of rotatable bonds is 5. The van der Waals surface area contributed by atoms with Crippen LogP contribution in [0.25, 0.3) is 0 Å². The Balaban J connectivity index is 1.62. The maximum Gasteiger partial charge on any atom is 0.306 e. The second-order valence-corrected chi connectivity index (χ2v) is 7.93. The number of cyclic esters (lactones) is 1. The smallest absolute Gasteiger partial charge is 0.306 e. The third kappa shape index (κ3) is 7.50. The molecule has 32 heavy (non-hydrogen) atoms. The zero-order valence-corrected chi connectivity index (χ0v) is 18.4. The Kier molecular flexibility index (Phi) is 8.80. The number of hydrogen-bond acceptors (Lipinski definition) is 5. The first-order valence-corrected chi connectivity index (χ1v) is 10.9. The summed E-state index contributed by atoms with van der Waals surface area (Å²) in [4.78, 5) is 41.4. The van der Waals surface area contributed by atoms with Crippen molar-refractivity contribution in [1.82, 2.24) is 15.6 Å². The summed E-state index contributed by atoms with van der Waals surface area (Å²) in [5, 5.41) is 6.05. The van der Waals surface area contributed by atoms with E-state index in [1.54, 1.807) is 18.3 Å². The molecule has 2 amide bonds. The molecule has 3 rings (SSSR count). The number of esters is 1. The highest BCUT2D eigenvalue weighted by atomic mass is 35.5. The molecule has 0 aliphatic carbocycles. The molecule has 0 unspecified atom stereocenters.